The van der Waals surface area contributed by atoms with Gasteiger partial charge < -0.3 is 14.5 Å². The number of carbonyl (C=O) groups excluding carboxylic acids is 2. The number of thiophene rings is 1. The van der Waals surface area contributed by atoms with E-state index in [0.29, 0.717) is 22.7 Å². The number of aryl methyl sites for hydroxylation is 2. The summed E-state index contributed by atoms with van der Waals surface area (Å²) in [6.07, 6.45) is 3.66. The maximum Gasteiger partial charge on any atom is 0.341 e. The standard InChI is InChI=1S/C17H19NO4S/c1-5-13-11(3)23-16(15(13)17(20)21-4)18-14(19)9-8-12-7-6-10(2)22-12/h6-9H,5H2,1-4H3,(H,18,19)/b9-8+. The van der Waals surface area contributed by atoms with Crippen molar-refractivity contribution < 1.29 is 18.7 Å². The SMILES string of the molecule is CCc1c(C)sc(NC(=O)/C=C/c2ccc(C)o2)c1C(=O)OC. The molecule has 0 radical (unpaired) electrons. The molecule has 1 amide bonds. The second kappa shape index (κ2) is 7.28. The molecular weight excluding hydrogens is 314 g/mol. The lowest BCUT2D eigenvalue weighted by atomic mass is 10.1. The van der Waals surface area contributed by atoms with E-state index < -0.39 is 5.97 Å². The zero-order valence-electron chi connectivity index (χ0n) is 13.6. The lowest BCUT2D eigenvalue weighted by Crippen LogP contribution is -2.12. The number of hydrogen-bond acceptors (Lipinski definition) is 5. The Morgan fingerprint density at radius 2 is 2.09 bits per heavy atom. The van der Waals surface area contributed by atoms with E-state index in [1.165, 1.54) is 24.5 Å². The first-order valence-corrected chi connectivity index (χ1v) is 8.04. The van der Waals surface area contributed by atoms with Gasteiger partial charge in [0, 0.05) is 11.0 Å². The molecule has 0 bridgehead atoms. The van der Waals surface area contributed by atoms with Crippen molar-refractivity contribution in [1.29, 1.82) is 0 Å². The van der Waals surface area contributed by atoms with Crippen LogP contribution in [0.2, 0.25) is 0 Å². The highest BCUT2D eigenvalue weighted by Crippen LogP contribution is 2.34. The fourth-order valence-corrected chi connectivity index (χ4v) is 3.40. The molecule has 2 heterocycles. The van der Waals surface area contributed by atoms with E-state index in [1.54, 1.807) is 12.1 Å². The lowest BCUT2D eigenvalue weighted by molar-refractivity contribution is -0.111. The molecule has 122 valence electrons. The summed E-state index contributed by atoms with van der Waals surface area (Å²) in [5.74, 6) is 0.613. The van der Waals surface area contributed by atoms with Gasteiger partial charge in [0.1, 0.15) is 16.5 Å². The van der Waals surface area contributed by atoms with Crippen LogP contribution in [0.1, 0.15) is 39.2 Å². The van der Waals surface area contributed by atoms with Gasteiger partial charge in [-0.3, -0.25) is 4.79 Å². The minimum absolute atomic E-state index is 0.326. The number of anilines is 1. The highest BCUT2D eigenvalue weighted by molar-refractivity contribution is 7.16. The summed E-state index contributed by atoms with van der Waals surface area (Å²) >= 11 is 1.37. The molecule has 5 nitrogen and oxygen atoms in total. The Hall–Kier alpha value is -2.34. The van der Waals surface area contributed by atoms with Gasteiger partial charge in [-0.1, -0.05) is 6.92 Å². The third-order valence-corrected chi connectivity index (χ3v) is 4.41. The fourth-order valence-electron chi connectivity index (χ4n) is 2.26. The summed E-state index contributed by atoms with van der Waals surface area (Å²) in [6, 6.07) is 3.60. The van der Waals surface area contributed by atoms with Gasteiger partial charge in [0.25, 0.3) is 0 Å². The average molecular weight is 333 g/mol. The van der Waals surface area contributed by atoms with Gasteiger partial charge in [-0.2, -0.15) is 0 Å². The van der Waals surface area contributed by atoms with E-state index >= 15 is 0 Å². The quantitative estimate of drug-likeness (QED) is 0.664. The summed E-state index contributed by atoms with van der Waals surface area (Å²) < 4.78 is 10.2. The Balaban J connectivity index is 2.20. The van der Waals surface area contributed by atoms with E-state index in [9.17, 15) is 9.59 Å². The minimum atomic E-state index is -0.438. The molecule has 0 aliphatic carbocycles. The third kappa shape index (κ3) is 3.90. The van der Waals surface area contributed by atoms with Crippen LogP contribution in [0, 0.1) is 13.8 Å². The second-order valence-electron chi connectivity index (χ2n) is 4.96. The first-order valence-electron chi connectivity index (χ1n) is 7.22. The Kier molecular flexibility index (Phi) is 5.39. The number of furan rings is 1. The Morgan fingerprint density at radius 3 is 2.65 bits per heavy atom. The van der Waals surface area contributed by atoms with Crippen molar-refractivity contribution in [3.05, 3.63) is 45.7 Å². The number of carbonyl (C=O) groups is 2. The molecule has 2 rings (SSSR count). The molecule has 2 aromatic rings. The molecule has 0 unspecified atom stereocenters. The van der Waals surface area contributed by atoms with Gasteiger partial charge in [0.2, 0.25) is 5.91 Å². The third-order valence-electron chi connectivity index (χ3n) is 3.35. The molecule has 23 heavy (non-hydrogen) atoms. The summed E-state index contributed by atoms with van der Waals surface area (Å²) in [5, 5.41) is 3.26. The van der Waals surface area contributed by atoms with Gasteiger partial charge in [0.15, 0.2) is 0 Å². The van der Waals surface area contributed by atoms with Crippen molar-refractivity contribution in [2.45, 2.75) is 27.2 Å². The summed E-state index contributed by atoms with van der Waals surface area (Å²) in [6.45, 7) is 5.72. The topological polar surface area (TPSA) is 68.5 Å². The number of hydrogen-bond donors (Lipinski definition) is 1. The molecule has 0 saturated carbocycles. The van der Waals surface area contributed by atoms with Crippen molar-refractivity contribution >= 4 is 34.3 Å². The number of amides is 1. The first kappa shape index (κ1) is 17.0. The summed E-state index contributed by atoms with van der Waals surface area (Å²) in [4.78, 5) is 25.1. The van der Waals surface area contributed by atoms with Gasteiger partial charge in [0.05, 0.1) is 12.7 Å². The molecule has 0 fully saturated rings. The molecule has 1 N–H and O–H groups in total. The molecule has 2 aromatic heterocycles. The number of nitrogens with one attached hydrogen (secondary N) is 1. The van der Waals surface area contributed by atoms with Crippen molar-refractivity contribution in [3.63, 3.8) is 0 Å². The fraction of sp³-hybridized carbons (Fsp3) is 0.294. The zero-order chi connectivity index (χ0) is 17.0. The van der Waals surface area contributed by atoms with Crippen molar-refractivity contribution in [1.82, 2.24) is 0 Å². The van der Waals surface area contributed by atoms with Crippen molar-refractivity contribution in [2.24, 2.45) is 0 Å². The second-order valence-corrected chi connectivity index (χ2v) is 6.18. The molecular formula is C17H19NO4S. The number of methoxy groups -OCH3 is 1. The largest absolute Gasteiger partial charge is 0.465 e. The molecule has 0 aromatic carbocycles. The number of rotatable bonds is 5. The number of ether oxygens (including phenoxy) is 1. The molecule has 6 heteroatoms. The van der Waals surface area contributed by atoms with E-state index in [1.807, 2.05) is 26.8 Å². The van der Waals surface area contributed by atoms with Gasteiger partial charge in [-0.15, -0.1) is 11.3 Å². The van der Waals surface area contributed by atoms with Gasteiger partial charge in [-0.25, -0.2) is 4.79 Å². The van der Waals surface area contributed by atoms with Crippen molar-refractivity contribution in [3.8, 4) is 0 Å². The number of esters is 1. The predicted octanol–water partition coefficient (Wildman–Crippen LogP) is 3.96. The van der Waals surface area contributed by atoms with Gasteiger partial charge >= 0.3 is 5.97 Å². The molecule has 0 spiro atoms. The van der Waals surface area contributed by atoms with E-state index in [2.05, 4.69) is 5.32 Å². The van der Waals surface area contributed by atoms with Crippen LogP contribution in [0.15, 0.2) is 22.6 Å². The normalized spacial score (nSPS) is 11.0. The maximum absolute atomic E-state index is 12.1. The molecule has 0 atom stereocenters. The highest BCUT2D eigenvalue weighted by Gasteiger charge is 2.22. The van der Waals surface area contributed by atoms with Crippen LogP contribution in [0.4, 0.5) is 5.00 Å². The Morgan fingerprint density at radius 1 is 1.35 bits per heavy atom. The van der Waals surface area contributed by atoms with Crippen LogP contribution in [0.25, 0.3) is 6.08 Å². The van der Waals surface area contributed by atoms with E-state index in [-0.39, 0.29) is 5.91 Å². The zero-order valence-corrected chi connectivity index (χ0v) is 14.4. The minimum Gasteiger partial charge on any atom is -0.465 e. The maximum atomic E-state index is 12.1. The molecule has 0 aliphatic heterocycles. The van der Waals surface area contributed by atoms with Gasteiger partial charge in [-0.05, 0) is 44.0 Å². The van der Waals surface area contributed by atoms with Crippen LogP contribution in [-0.4, -0.2) is 19.0 Å². The van der Waals surface area contributed by atoms with Crippen LogP contribution in [0.5, 0.6) is 0 Å². The smallest absolute Gasteiger partial charge is 0.341 e. The van der Waals surface area contributed by atoms with Crippen LogP contribution in [-0.2, 0) is 16.0 Å². The average Bonchev–Trinajstić information content (AvgIpc) is 3.07. The van der Waals surface area contributed by atoms with E-state index in [0.717, 1.165) is 16.2 Å². The van der Waals surface area contributed by atoms with E-state index in [4.69, 9.17) is 9.15 Å². The summed E-state index contributed by atoms with van der Waals surface area (Å²) in [5.41, 5.74) is 1.34. The van der Waals surface area contributed by atoms with Crippen LogP contribution < -0.4 is 5.32 Å². The predicted molar refractivity (Wildman–Crippen MR) is 90.9 cm³/mol. The van der Waals surface area contributed by atoms with Crippen LogP contribution in [0.3, 0.4) is 0 Å². The first-order chi connectivity index (χ1) is 11.0. The highest BCUT2D eigenvalue weighted by atomic mass is 32.1. The van der Waals surface area contributed by atoms with Crippen LogP contribution >= 0.6 is 11.3 Å². The Labute approximate surface area is 139 Å². The lowest BCUT2D eigenvalue weighted by Gasteiger charge is -2.05. The van der Waals surface area contributed by atoms with Crippen molar-refractivity contribution in [2.75, 3.05) is 12.4 Å². The molecule has 0 aliphatic rings. The monoisotopic (exact) mass is 333 g/mol. The Bertz CT molecular complexity index is 755. The molecule has 0 saturated heterocycles. The summed E-state index contributed by atoms with van der Waals surface area (Å²) in [7, 11) is 1.33.